The molecule has 0 aliphatic carbocycles. The number of halogens is 1. The van der Waals surface area contributed by atoms with E-state index in [1.807, 2.05) is 0 Å². The van der Waals surface area contributed by atoms with E-state index in [1.165, 1.54) is 22.0 Å². The summed E-state index contributed by atoms with van der Waals surface area (Å²) in [6, 6.07) is 6.73. The second-order valence-electron chi connectivity index (χ2n) is 5.73. The molecule has 120 valence electrons. The fraction of sp³-hybridized carbons (Fsp3) is 0.647. The van der Waals surface area contributed by atoms with Crippen molar-refractivity contribution in [3.63, 3.8) is 0 Å². The van der Waals surface area contributed by atoms with Crippen LogP contribution in [0.3, 0.4) is 0 Å². The molecule has 1 rings (SSSR count). The van der Waals surface area contributed by atoms with Gasteiger partial charge in [0, 0.05) is 17.6 Å². The van der Waals surface area contributed by atoms with Gasteiger partial charge in [-0.15, -0.1) is 0 Å². The predicted molar refractivity (Wildman–Crippen MR) is 95.6 cm³/mol. The lowest BCUT2D eigenvalue weighted by molar-refractivity contribution is 0.259. The zero-order valence-corrected chi connectivity index (χ0v) is 15.5. The van der Waals surface area contributed by atoms with E-state index in [-0.39, 0.29) is 0 Å². The van der Waals surface area contributed by atoms with E-state index in [0.717, 1.165) is 39.3 Å². The molecule has 0 amide bonds. The molecule has 0 aliphatic rings. The molecule has 0 atom stereocenters. The van der Waals surface area contributed by atoms with E-state index < -0.39 is 0 Å². The summed E-state index contributed by atoms with van der Waals surface area (Å²) in [4.78, 5) is 4.76. The van der Waals surface area contributed by atoms with Crippen LogP contribution in [0.2, 0.25) is 0 Å². The Balaban J connectivity index is 2.55. The molecule has 3 nitrogen and oxygen atoms in total. The molecule has 0 unspecified atom stereocenters. The van der Waals surface area contributed by atoms with Gasteiger partial charge >= 0.3 is 0 Å². The molecule has 1 aromatic carbocycles. The molecule has 0 heterocycles. The zero-order valence-electron chi connectivity index (χ0n) is 14.0. The maximum Gasteiger partial charge on any atom is 0.0244 e. The summed E-state index contributed by atoms with van der Waals surface area (Å²) in [5.41, 5.74) is 2.71. The molecule has 4 heteroatoms. The Kier molecular flexibility index (Phi) is 9.16. The van der Waals surface area contributed by atoms with Crippen molar-refractivity contribution in [1.82, 2.24) is 15.1 Å². The second kappa shape index (κ2) is 10.3. The molecule has 0 spiro atoms. The highest BCUT2D eigenvalue weighted by atomic mass is 79.9. The Morgan fingerprint density at radius 2 is 1.90 bits per heavy atom. The SMILES string of the molecule is CCNCc1ccc(CN(CC)CCCN(C)C)c(Br)c1. The van der Waals surface area contributed by atoms with E-state index in [2.05, 4.69) is 77.2 Å². The van der Waals surface area contributed by atoms with Crippen LogP contribution in [0.1, 0.15) is 31.4 Å². The highest BCUT2D eigenvalue weighted by Crippen LogP contribution is 2.20. The minimum atomic E-state index is 0.940. The van der Waals surface area contributed by atoms with Crippen molar-refractivity contribution in [2.75, 3.05) is 40.3 Å². The van der Waals surface area contributed by atoms with Crippen molar-refractivity contribution in [2.45, 2.75) is 33.4 Å². The topological polar surface area (TPSA) is 18.5 Å². The van der Waals surface area contributed by atoms with Gasteiger partial charge in [-0.05, 0) is 63.9 Å². The minimum absolute atomic E-state index is 0.940. The molecule has 0 saturated carbocycles. The van der Waals surface area contributed by atoms with Gasteiger partial charge < -0.3 is 10.2 Å². The summed E-state index contributed by atoms with van der Waals surface area (Å²) < 4.78 is 1.23. The molecule has 21 heavy (non-hydrogen) atoms. The largest absolute Gasteiger partial charge is 0.313 e. The van der Waals surface area contributed by atoms with Crippen molar-refractivity contribution in [3.8, 4) is 0 Å². The minimum Gasteiger partial charge on any atom is -0.313 e. The van der Waals surface area contributed by atoms with Gasteiger partial charge in [0.05, 0.1) is 0 Å². The first-order valence-electron chi connectivity index (χ1n) is 7.91. The zero-order chi connectivity index (χ0) is 15.7. The number of hydrogen-bond donors (Lipinski definition) is 1. The van der Waals surface area contributed by atoms with Gasteiger partial charge in [-0.3, -0.25) is 4.90 Å². The van der Waals surface area contributed by atoms with E-state index in [4.69, 9.17) is 0 Å². The quantitative estimate of drug-likeness (QED) is 0.694. The third-order valence-electron chi connectivity index (χ3n) is 3.62. The van der Waals surface area contributed by atoms with Gasteiger partial charge in [0.2, 0.25) is 0 Å². The summed E-state index contributed by atoms with van der Waals surface area (Å²) in [6.07, 6.45) is 1.22. The first-order valence-corrected chi connectivity index (χ1v) is 8.71. The predicted octanol–water partition coefficient (Wildman–Crippen LogP) is 3.33. The van der Waals surface area contributed by atoms with Crippen molar-refractivity contribution >= 4 is 15.9 Å². The van der Waals surface area contributed by atoms with Crippen LogP contribution in [0.4, 0.5) is 0 Å². The van der Waals surface area contributed by atoms with Gasteiger partial charge in [0.15, 0.2) is 0 Å². The van der Waals surface area contributed by atoms with Crippen LogP contribution in [0.25, 0.3) is 0 Å². The lowest BCUT2D eigenvalue weighted by Gasteiger charge is -2.22. The number of benzene rings is 1. The molecule has 0 radical (unpaired) electrons. The van der Waals surface area contributed by atoms with Gasteiger partial charge in [0.25, 0.3) is 0 Å². The van der Waals surface area contributed by atoms with Gasteiger partial charge in [-0.2, -0.15) is 0 Å². The summed E-state index contributed by atoms with van der Waals surface area (Å²) in [6.45, 7) is 10.7. The second-order valence-corrected chi connectivity index (χ2v) is 6.59. The van der Waals surface area contributed by atoms with E-state index in [0.29, 0.717) is 0 Å². The third-order valence-corrected chi connectivity index (χ3v) is 4.36. The fourth-order valence-electron chi connectivity index (χ4n) is 2.30. The van der Waals surface area contributed by atoms with Crippen LogP contribution < -0.4 is 5.32 Å². The first kappa shape index (κ1) is 18.6. The molecule has 0 aliphatic heterocycles. The fourth-order valence-corrected chi connectivity index (χ4v) is 2.85. The van der Waals surface area contributed by atoms with Crippen LogP contribution in [-0.2, 0) is 13.1 Å². The molecular weight excluding hydrogens is 326 g/mol. The first-order chi connectivity index (χ1) is 10.1. The maximum absolute atomic E-state index is 3.73. The number of hydrogen-bond acceptors (Lipinski definition) is 3. The van der Waals surface area contributed by atoms with E-state index in [9.17, 15) is 0 Å². The molecule has 0 fully saturated rings. The smallest absolute Gasteiger partial charge is 0.0244 e. The Hall–Kier alpha value is -0.420. The van der Waals surface area contributed by atoms with Crippen LogP contribution >= 0.6 is 15.9 Å². The summed E-state index contributed by atoms with van der Waals surface area (Å²) in [5.74, 6) is 0. The number of rotatable bonds is 10. The highest BCUT2D eigenvalue weighted by Gasteiger charge is 2.07. The molecular formula is C17H30BrN3. The molecule has 0 aromatic heterocycles. The Labute approximate surface area is 138 Å². The molecule has 1 aromatic rings. The molecule has 0 bridgehead atoms. The van der Waals surface area contributed by atoms with E-state index in [1.54, 1.807) is 0 Å². The third kappa shape index (κ3) is 7.41. The lowest BCUT2D eigenvalue weighted by Crippen LogP contribution is -2.27. The van der Waals surface area contributed by atoms with Crippen LogP contribution in [0, 0.1) is 0 Å². The Morgan fingerprint density at radius 1 is 1.14 bits per heavy atom. The van der Waals surface area contributed by atoms with Crippen molar-refractivity contribution in [3.05, 3.63) is 33.8 Å². The summed E-state index contributed by atoms with van der Waals surface area (Å²) >= 11 is 3.73. The Morgan fingerprint density at radius 3 is 2.48 bits per heavy atom. The van der Waals surface area contributed by atoms with Crippen LogP contribution in [-0.4, -0.2) is 50.1 Å². The van der Waals surface area contributed by atoms with Crippen LogP contribution in [0.5, 0.6) is 0 Å². The van der Waals surface area contributed by atoms with E-state index >= 15 is 0 Å². The molecule has 1 N–H and O–H groups in total. The van der Waals surface area contributed by atoms with Crippen LogP contribution in [0.15, 0.2) is 22.7 Å². The normalized spacial score (nSPS) is 11.6. The average molecular weight is 356 g/mol. The summed E-state index contributed by atoms with van der Waals surface area (Å²) in [5, 5.41) is 3.37. The number of nitrogens with zero attached hydrogens (tertiary/aromatic N) is 2. The van der Waals surface area contributed by atoms with Gasteiger partial charge in [-0.25, -0.2) is 0 Å². The molecule has 0 saturated heterocycles. The Bertz CT molecular complexity index is 407. The lowest BCUT2D eigenvalue weighted by atomic mass is 10.1. The van der Waals surface area contributed by atoms with Gasteiger partial charge in [-0.1, -0.05) is 41.9 Å². The van der Waals surface area contributed by atoms with Crippen molar-refractivity contribution in [2.24, 2.45) is 0 Å². The highest BCUT2D eigenvalue weighted by molar-refractivity contribution is 9.10. The maximum atomic E-state index is 3.73. The van der Waals surface area contributed by atoms with Crippen molar-refractivity contribution in [1.29, 1.82) is 0 Å². The van der Waals surface area contributed by atoms with Gasteiger partial charge in [0.1, 0.15) is 0 Å². The standard InChI is InChI=1S/C17H30BrN3/c1-5-19-13-15-8-9-16(17(18)12-15)14-21(6-2)11-7-10-20(3)4/h8-9,12,19H,5-7,10-11,13-14H2,1-4H3. The number of nitrogens with one attached hydrogen (secondary N) is 1. The van der Waals surface area contributed by atoms with Crippen molar-refractivity contribution < 1.29 is 0 Å². The average Bonchev–Trinajstić information content (AvgIpc) is 2.45. The summed E-state index contributed by atoms with van der Waals surface area (Å²) in [7, 11) is 4.27. The monoisotopic (exact) mass is 355 g/mol.